The first kappa shape index (κ1) is 14.5. The second-order valence-electron chi connectivity index (χ2n) is 5.33. The van der Waals surface area contributed by atoms with E-state index in [4.69, 9.17) is 0 Å². The van der Waals surface area contributed by atoms with Gasteiger partial charge in [0.2, 0.25) is 0 Å². The molecule has 5 nitrogen and oxygen atoms in total. The number of fused-ring (bicyclic) bond motifs is 1. The normalized spacial score (nSPS) is 13.1. The summed E-state index contributed by atoms with van der Waals surface area (Å²) in [5.74, 6) is 0.135. The first-order valence-corrected chi connectivity index (χ1v) is 6.79. The van der Waals surface area contributed by atoms with Crippen molar-refractivity contribution in [2.75, 3.05) is 6.61 Å². The Bertz CT molecular complexity index is 631. The van der Waals surface area contributed by atoms with E-state index in [0.717, 1.165) is 11.3 Å². The van der Waals surface area contributed by atoms with Gasteiger partial charge in [-0.3, -0.25) is 0 Å². The maximum absolute atomic E-state index is 11.3. The number of para-hydroxylation sites is 1. The summed E-state index contributed by atoms with van der Waals surface area (Å²) in [6.45, 7) is 6.15. The minimum Gasteiger partial charge on any atom is -0.478 e. The Balaban J connectivity index is 2.67. The number of aryl methyl sites for hydroxylation is 1. The second-order valence-corrected chi connectivity index (χ2v) is 5.33. The lowest BCUT2D eigenvalue weighted by molar-refractivity contribution is 0.0699. The molecule has 1 aromatic carbocycles. The maximum Gasteiger partial charge on any atom is 0.337 e. The van der Waals surface area contributed by atoms with Gasteiger partial charge < -0.3 is 14.8 Å². The standard InChI is InChI=1S/C15H20N2O3/c1-9(2)12(7-8-18)17-10(3)16-14-11(15(19)20)5-4-6-13(14)17/h4-6,9,12,18H,7-8H2,1-3H3,(H,19,20). The predicted octanol–water partition coefficient (Wildman–Crippen LogP) is 2.62. The van der Waals surface area contributed by atoms with Gasteiger partial charge in [0.1, 0.15) is 11.3 Å². The van der Waals surface area contributed by atoms with Crippen molar-refractivity contribution < 1.29 is 15.0 Å². The van der Waals surface area contributed by atoms with Crippen LogP contribution in [-0.4, -0.2) is 32.3 Å². The van der Waals surface area contributed by atoms with Crippen LogP contribution in [0.25, 0.3) is 11.0 Å². The Morgan fingerprint density at radius 2 is 2.10 bits per heavy atom. The Hall–Kier alpha value is -1.88. The number of aliphatic hydroxyl groups excluding tert-OH is 1. The molecule has 20 heavy (non-hydrogen) atoms. The number of imidazole rings is 1. The molecule has 0 saturated heterocycles. The van der Waals surface area contributed by atoms with E-state index in [0.29, 0.717) is 17.9 Å². The molecular weight excluding hydrogens is 256 g/mol. The van der Waals surface area contributed by atoms with Gasteiger partial charge in [-0.05, 0) is 31.4 Å². The number of carbonyl (C=O) groups is 1. The van der Waals surface area contributed by atoms with E-state index in [1.54, 1.807) is 12.1 Å². The second kappa shape index (κ2) is 5.63. The summed E-state index contributed by atoms with van der Waals surface area (Å²) in [5, 5.41) is 18.5. The van der Waals surface area contributed by atoms with Gasteiger partial charge in [-0.2, -0.15) is 0 Å². The lowest BCUT2D eigenvalue weighted by Crippen LogP contribution is -2.18. The summed E-state index contributed by atoms with van der Waals surface area (Å²) < 4.78 is 2.04. The van der Waals surface area contributed by atoms with Crippen LogP contribution in [0.2, 0.25) is 0 Å². The monoisotopic (exact) mass is 276 g/mol. The number of aromatic carboxylic acids is 1. The molecule has 108 valence electrons. The SMILES string of the molecule is Cc1nc2c(C(=O)O)cccc2n1C(CCO)C(C)C. The molecule has 0 aliphatic carbocycles. The summed E-state index contributed by atoms with van der Waals surface area (Å²) in [6.07, 6.45) is 0.626. The molecule has 1 unspecified atom stereocenters. The highest BCUT2D eigenvalue weighted by Gasteiger charge is 2.22. The highest BCUT2D eigenvalue weighted by Crippen LogP contribution is 2.29. The number of benzene rings is 1. The van der Waals surface area contributed by atoms with Crippen molar-refractivity contribution in [1.82, 2.24) is 9.55 Å². The molecule has 2 aromatic rings. The molecule has 0 radical (unpaired) electrons. The first-order valence-electron chi connectivity index (χ1n) is 6.79. The Morgan fingerprint density at radius 1 is 1.40 bits per heavy atom. The minimum absolute atomic E-state index is 0.0978. The van der Waals surface area contributed by atoms with E-state index in [1.807, 2.05) is 17.6 Å². The number of hydrogen-bond donors (Lipinski definition) is 2. The summed E-state index contributed by atoms with van der Waals surface area (Å²) in [5.41, 5.74) is 1.55. The van der Waals surface area contributed by atoms with Crippen molar-refractivity contribution in [3.05, 3.63) is 29.6 Å². The summed E-state index contributed by atoms with van der Waals surface area (Å²) in [6, 6.07) is 5.29. The first-order chi connectivity index (χ1) is 9.47. The Kier molecular flexibility index (Phi) is 4.09. The van der Waals surface area contributed by atoms with E-state index in [-0.39, 0.29) is 18.2 Å². The molecule has 2 rings (SSSR count). The Labute approximate surface area is 117 Å². The molecule has 1 aromatic heterocycles. The van der Waals surface area contributed by atoms with Crippen molar-refractivity contribution in [1.29, 1.82) is 0 Å². The van der Waals surface area contributed by atoms with E-state index in [2.05, 4.69) is 18.8 Å². The van der Waals surface area contributed by atoms with Crippen molar-refractivity contribution in [3.8, 4) is 0 Å². The van der Waals surface area contributed by atoms with Crippen LogP contribution >= 0.6 is 0 Å². The van der Waals surface area contributed by atoms with Gasteiger partial charge in [0.25, 0.3) is 0 Å². The number of carboxylic acid groups (broad SMARTS) is 1. The topological polar surface area (TPSA) is 75.3 Å². The predicted molar refractivity (Wildman–Crippen MR) is 77.0 cm³/mol. The maximum atomic E-state index is 11.3. The van der Waals surface area contributed by atoms with Crippen LogP contribution in [0.5, 0.6) is 0 Å². The fraction of sp³-hybridized carbons (Fsp3) is 0.467. The fourth-order valence-corrected chi connectivity index (χ4v) is 2.72. The van der Waals surface area contributed by atoms with Gasteiger partial charge in [0.05, 0.1) is 11.1 Å². The van der Waals surface area contributed by atoms with E-state index in [9.17, 15) is 15.0 Å². The van der Waals surface area contributed by atoms with Crippen LogP contribution in [0.3, 0.4) is 0 Å². The van der Waals surface area contributed by atoms with Crippen LogP contribution in [-0.2, 0) is 0 Å². The van der Waals surface area contributed by atoms with Crippen LogP contribution < -0.4 is 0 Å². The molecule has 0 aliphatic heterocycles. The fourth-order valence-electron chi connectivity index (χ4n) is 2.72. The number of rotatable bonds is 5. The van der Waals surface area contributed by atoms with E-state index < -0.39 is 5.97 Å². The number of carboxylic acids is 1. The zero-order valence-corrected chi connectivity index (χ0v) is 12.0. The quantitative estimate of drug-likeness (QED) is 0.880. The highest BCUT2D eigenvalue weighted by molar-refractivity contribution is 6.01. The molecule has 0 spiro atoms. The molecular formula is C15H20N2O3. The number of aromatic nitrogens is 2. The third-order valence-corrected chi connectivity index (χ3v) is 3.65. The van der Waals surface area contributed by atoms with Gasteiger partial charge in [-0.1, -0.05) is 19.9 Å². The van der Waals surface area contributed by atoms with Gasteiger partial charge in [-0.25, -0.2) is 9.78 Å². The van der Waals surface area contributed by atoms with E-state index >= 15 is 0 Å². The van der Waals surface area contributed by atoms with Gasteiger partial charge in [-0.15, -0.1) is 0 Å². The molecule has 0 fully saturated rings. The molecule has 0 bridgehead atoms. The van der Waals surface area contributed by atoms with E-state index in [1.165, 1.54) is 0 Å². The summed E-state index contributed by atoms with van der Waals surface area (Å²) >= 11 is 0. The zero-order valence-electron chi connectivity index (χ0n) is 12.0. The molecule has 1 atom stereocenters. The number of nitrogens with zero attached hydrogens (tertiary/aromatic N) is 2. The molecule has 1 heterocycles. The van der Waals surface area contributed by atoms with Crippen molar-refractivity contribution in [2.45, 2.75) is 33.2 Å². The summed E-state index contributed by atoms with van der Waals surface area (Å²) in [7, 11) is 0. The zero-order chi connectivity index (χ0) is 14.9. The van der Waals surface area contributed by atoms with Crippen molar-refractivity contribution in [2.24, 2.45) is 5.92 Å². The van der Waals surface area contributed by atoms with Crippen molar-refractivity contribution in [3.63, 3.8) is 0 Å². The van der Waals surface area contributed by atoms with Crippen molar-refractivity contribution >= 4 is 17.0 Å². The molecule has 5 heteroatoms. The van der Waals surface area contributed by atoms with Gasteiger partial charge >= 0.3 is 5.97 Å². The molecule has 0 aliphatic rings. The molecule has 0 amide bonds. The Morgan fingerprint density at radius 3 is 2.65 bits per heavy atom. The lowest BCUT2D eigenvalue weighted by atomic mass is 10.0. The molecule has 2 N–H and O–H groups in total. The van der Waals surface area contributed by atoms with Gasteiger partial charge in [0.15, 0.2) is 0 Å². The van der Waals surface area contributed by atoms with Gasteiger partial charge in [0, 0.05) is 12.6 Å². The van der Waals surface area contributed by atoms with Crippen LogP contribution in [0, 0.1) is 12.8 Å². The molecule has 0 saturated carbocycles. The third kappa shape index (κ3) is 2.41. The average Bonchev–Trinajstić information content (AvgIpc) is 2.71. The lowest BCUT2D eigenvalue weighted by Gasteiger charge is -2.24. The number of hydrogen-bond acceptors (Lipinski definition) is 3. The average molecular weight is 276 g/mol. The largest absolute Gasteiger partial charge is 0.478 e. The van der Waals surface area contributed by atoms with Crippen LogP contribution in [0.15, 0.2) is 18.2 Å². The smallest absolute Gasteiger partial charge is 0.337 e. The van der Waals surface area contributed by atoms with Crippen LogP contribution in [0.1, 0.15) is 42.5 Å². The third-order valence-electron chi connectivity index (χ3n) is 3.65. The minimum atomic E-state index is -0.969. The number of aliphatic hydroxyl groups is 1. The summed E-state index contributed by atoms with van der Waals surface area (Å²) in [4.78, 5) is 15.7. The van der Waals surface area contributed by atoms with Crippen LogP contribution in [0.4, 0.5) is 0 Å². The highest BCUT2D eigenvalue weighted by atomic mass is 16.4.